The molecule has 0 atom stereocenters. The Bertz CT molecular complexity index is 711. The van der Waals surface area contributed by atoms with Crippen LogP contribution in [0.25, 0.3) is 0 Å². The topological polar surface area (TPSA) is 117 Å². The van der Waals surface area contributed by atoms with Gasteiger partial charge < -0.3 is 5.32 Å². The van der Waals surface area contributed by atoms with E-state index in [2.05, 4.69) is 26.1 Å². The summed E-state index contributed by atoms with van der Waals surface area (Å²) in [4.78, 5) is 34.9. The highest BCUT2D eigenvalue weighted by Crippen LogP contribution is 2.17. The predicted molar refractivity (Wildman–Crippen MR) is 91.0 cm³/mol. The molecule has 0 aliphatic carbocycles. The van der Waals surface area contributed by atoms with Gasteiger partial charge >= 0.3 is 0 Å². The van der Waals surface area contributed by atoms with Crippen molar-refractivity contribution >= 4 is 45.6 Å². The predicted octanol–water partition coefficient (Wildman–Crippen LogP) is 1.95. The highest BCUT2D eigenvalue weighted by Gasteiger charge is 2.19. The molecule has 24 heavy (non-hydrogen) atoms. The number of carbonyl (C=O) groups is 2. The maximum atomic E-state index is 12.3. The fourth-order valence-electron chi connectivity index (χ4n) is 1.79. The van der Waals surface area contributed by atoms with Crippen LogP contribution in [-0.2, 0) is 4.79 Å². The van der Waals surface area contributed by atoms with Gasteiger partial charge in [0.15, 0.2) is 0 Å². The molecule has 11 heteroatoms. The molecule has 2 N–H and O–H groups in total. The number of hydrogen-bond donors (Lipinski definition) is 2. The van der Waals surface area contributed by atoms with Gasteiger partial charge in [-0.3, -0.25) is 14.9 Å². The van der Waals surface area contributed by atoms with Gasteiger partial charge in [-0.05, 0) is 12.1 Å². The third-order valence-corrected chi connectivity index (χ3v) is 3.61. The van der Waals surface area contributed by atoms with Crippen LogP contribution >= 0.6 is 22.9 Å². The smallest absolute Gasteiger partial charge is 0.278 e. The van der Waals surface area contributed by atoms with Crippen molar-refractivity contribution in [2.45, 2.75) is 0 Å². The normalized spacial score (nSPS) is 10.0. The van der Waals surface area contributed by atoms with Gasteiger partial charge in [0.25, 0.3) is 5.91 Å². The fraction of sp³-hybridized carbons (Fsp3) is 0.231. The molecule has 1 heterocycles. The maximum absolute atomic E-state index is 12.3. The molecule has 126 valence electrons. The quantitative estimate of drug-likeness (QED) is 0.418. The molecule has 0 spiro atoms. The van der Waals surface area contributed by atoms with Crippen LogP contribution in [-0.4, -0.2) is 46.0 Å². The minimum absolute atomic E-state index is 0.00421. The number of hydrogen-bond acceptors (Lipinski definition) is 8. The van der Waals surface area contributed by atoms with E-state index in [1.54, 1.807) is 18.2 Å². The minimum Gasteiger partial charge on any atom is -0.375 e. The van der Waals surface area contributed by atoms with Crippen molar-refractivity contribution in [2.75, 3.05) is 29.6 Å². The first-order valence-corrected chi connectivity index (χ1v) is 8.17. The number of carbonyl (C=O) groups excluding carboxylic acids is 2. The van der Waals surface area contributed by atoms with E-state index in [1.807, 2.05) is 0 Å². The van der Waals surface area contributed by atoms with Crippen molar-refractivity contribution in [3.63, 3.8) is 0 Å². The third kappa shape index (κ3) is 4.70. The summed E-state index contributed by atoms with van der Waals surface area (Å²) in [5.41, 5.74) is 2.11. The van der Waals surface area contributed by atoms with Gasteiger partial charge in [-0.1, -0.05) is 23.5 Å². The van der Waals surface area contributed by atoms with Crippen molar-refractivity contribution in [1.29, 1.82) is 0 Å². The van der Waals surface area contributed by atoms with Crippen molar-refractivity contribution in [3.05, 3.63) is 40.2 Å². The molecule has 1 aromatic heterocycles. The number of nitroso groups, excluding NO2 is 1. The first kappa shape index (κ1) is 17.8. The summed E-state index contributed by atoms with van der Waals surface area (Å²) in [7, 11) is 0. The van der Waals surface area contributed by atoms with E-state index < -0.39 is 5.91 Å². The number of anilines is 2. The lowest BCUT2D eigenvalue weighted by molar-refractivity contribution is -0.114. The van der Waals surface area contributed by atoms with E-state index in [-0.39, 0.29) is 30.4 Å². The zero-order valence-corrected chi connectivity index (χ0v) is 13.9. The second kappa shape index (κ2) is 8.89. The molecule has 0 unspecified atom stereocenters. The summed E-state index contributed by atoms with van der Waals surface area (Å²) in [6.07, 6.45) is 0. The number of alkyl halides is 1. The molecule has 2 amide bonds. The van der Waals surface area contributed by atoms with Gasteiger partial charge in [0, 0.05) is 11.6 Å². The lowest BCUT2D eigenvalue weighted by Gasteiger charge is -2.15. The summed E-state index contributed by atoms with van der Waals surface area (Å²) in [6, 6.07) is 6.49. The van der Waals surface area contributed by atoms with Crippen LogP contribution in [0.2, 0.25) is 0 Å². The zero-order chi connectivity index (χ0) is 17.4. The van der Waals surface area contributed by atoms with Gasteiger partial charge in [-0.2, -0.15) is 5.01 Å². The molecule has 0 aliphatic heterocycles. The number of rotatable bonds is 8. The molecular weight excluding hydrogens is 356 g/mol. The number of benzene rings is 1. The molecule has 1 aromatic carbocycles. The number of nitrogens with one attached hydrogen (secondary N) is 2. The summed E-state index contributed by atoms with van der Waals surface area (Å²) >= 11 is 6.74. The Morgan fingerprint density at radius 1 is 1.33 bits per heavy atom. The molecule has 0 bridgehead atoms. The Morgan fingerprint density at radius 3 is 2.79 bits per heavy atom. The number of nitrogens with zero attached hydrogens (tertiary/aromatic N) is 4. The molecule has 0 aliphatic rings. The number of halogens is 1. The van der Waals surface area contributed by atoms with E-state index in [0.29, 0.717) is 10.8 Å². The van der Waals surface area contributed by atoms with Gasteiger partial charge in [0.2, 0.25) is 11.0 Å². The van der Waals surface area contributed by atoms with Gasteiger partial charge in [-0.15, -0.1) is 26.7 Å². The molecule has 0 saturated heterocycles. The van der Waals surface area contributed by atoms with Crippen LogP contribution in [0.4, 0.5) is 10.8 Å². The first-order chi connectivity index (χ1) is 11.7. The standard InChI is InChI=1S/C13H13ClN6O3S/c14-5-6-20(19-23)12(22)9-3-1-2-4-10(9)15-7-11(21)17-13-18-16-8-24-13/h1-4,8,15H,5-7H2,(H,17,18,21). The van der Waals surface area contributed by atoms with Gasteiger partial charge in [0.05, 0.1) is 23.9 Å². The zero-order valence-electron chi connectivity index (χ0n) is 12.3. The van der Waals surface area contributed by atoms with Crippen molar-refractivity contribution in [2.24, 2.45) is 5.29 Å². The summed E-state index contributed by atoms with van der Waals surface area (Å²) in [6.45, 7) is -0.0936. The Labute approximate surface area is 146 Å². The number of para-hydroxylation sites is 1. The second-order valence-corrected chi connectivity index (χ2v) is 5.60. The maximum Gasteiger partial charge on any atom is 0.278 e. The largest absolute Gasteiger partial charge is 0.375 e. The van der Waals surface area contributed by atoms with E-state index in [9.17, 15) is 14.5 Å². The molecule has 2 aromatic rings. The van der Waals surface area contributed by atoms with E-state index in [0.717, 1.165) is 5.01 Å². The van der Waals surface area contributed by atoms with Crippen LogP contribution in [0, 0.1) is 4.91 Å². The fourth-order valence-corrected chi connectivity index (χ4v) is 2.41. The van der Waals surface area contributed by atoms with E-state index in [1.165, 1.54) is 22.9 Å². The van der Waals surface area contributed by atoms with Crippen molar-refractivity contribution < 1.29 is 9.59 Å². The summed E-state index contributed by atoms with van der Waals surface area (Å²) < 4.78 is 0. The Balaban J connectivity index is 2.04. The second-order valence-electron chi connectivity index (χ2n) is 4.39. The number of aromatic nitrogens is 2. The van der Waals surface area contributed by atoms with Crippen LogP contribution in [0.15, 0.2) is 35.1 Å². The third-order valence-electron chi connectivity index (χ3n) is 2.83. The lowest BCUT2D eigenvalue weighted by atomic mass is 10.1. The van der Waals surface area contributed by atoms with E-state index in [4.69, 9.17) is 11.6 Å². The van der Waals surface area contributed by atoms with Crippen LogP contribution in [0.1, 0.15) is 10.4 Å². The van der Waals surface area contributed by atoms with Crippen LogP contribution in [0.5, 0.6) is 0 Å². The van der Waals surface area contributed by atoms with Crippen LogP contribution in [0.3, 0.4) is 0 Å². The molecular formula is C13H13ClN6O3S. The van der Waals surface area contributed by atoms with Crippen LogP contribution < -0.4 is 10.6 Å². The molecule has 9 nitrogen and oxygen atoms in total. The average molecular weight is 369 g/mol. The molecule has 0 fully saturated rings. The summed E-state index contributed by atoms with van der Waals surface area (Å²) in [5, 5.41) is 16.5. The molecule has 0 radical (unpaired) electrons. The highest BCUT2D eigenvalue weighted by atomic mass is 35.5. The minimum atomic E-state index is -0.599. The average Bonchev–Trinajstić information content (AvgIpc) is 3.10. The lowest BCUT2D eigenvalue weighted by Crippen LogP contribution is -2.29. The Hall–Kier alpha value is -2.59. The van der Waals surface area contributed by atoms with E-state index >= 15 is 0 Å². The van der Waals surface area contributed by atoms with Gasteiger partial charge in [-0.25, -0.2) is 0 Å². The van der Waals surface area contributed by atoms with Gasteiger partial charge in [0.1, 0.15) is 5.51 Å². The first-order valence-electron chi connectivity index (χ1n) is 6.75. The molecule has 2 rings (SSSR count). The van der Waals surface area contributed by atoms with Crippen molar-refractivity contribution in [1.82, 2.24) is 15.2 Å². The highest BCUT2D eigenvalue weighted by molar-refractivity contribution is 7.13. The Kier molecular flexibility index (Phi) is 6.58. The summed E-state index contributed by atoms with van der Waals surface area (Å²) in [5.74, 6) is -0.865. The SMILES string of the molecule is O=NN(CCCl)C(=O)c1ccccc1NCC(=O)Nc1nncs1. The molecule has 0 saturated carbocycles. The number of amides is 2. The van der Waals surface area contributed by atoms with Crippen molar-refractivity contribution in [3.8, 4) is 0 Å². The Morgan fingerprint density at radius 2 is 2.12 bits per heavy atom. The monoisotopic (exact) mass is 368 g/mol.